The van der Waals surface area contributed by atoms with Crippen LogP contribution in [0.2, 0.25) is 0 Å². The third-order valence-corrected chi connectivity index (χ3v) is 3.58. The molecule has 0 aromatic heterocycles. The van der Waals surface area contributed by atoms with Crippen LogP contribution in [0.25, 0.3) is 10.8 Å². The molecule has 0 unspecified atom stereocenters. The number of carbonyl (C=O) groups is 1. The number of nitrogens with zero attached hydrogens (tertiary/aromatic N) is 1. The number of hydrogen-bond acceptors (Lipinski definition) is 4. The second kappa shape index (κ2) is 6.27. The second-order valence-corrected chi connectivity index (χ2v) is 5.15. The number of non-ortho nitro benzene ring substituents is 1. The van der Waals surface area contributed by atoms with Crippen molar-refractivity contribution in [1.82, 2.24) is 0 Å². The average Bonchev–Trinajstić information content (AvgIpc) is 2.59. The first-order valence-corrected chi connectivity index (χ1v) is 7.14. The van der Waals surface area contributed by atoms with Crippen LogP contribution in [0.5, 0.6) is 0 Å². The number of fused-ring (bicyclic) bond motifs is 1. The third-order valence-electron chi connectivity index (χ3n) is 3.58. The molecule has 0 amide bonds. The summed E-state index contributed by atoms with van der Waals surface area (Å²) in [7, 11) is 0. The molecule has 0 saturated heterocycles. The van der Waals surface area contributed by atoms with Gasteiger partial charge in [-0.15, -0.1) is 0 Å². The first-order valence-electron chi connectivity index (χ1n) is 7.14. The Morgan fingerprint density at radius 3 is 2.52 bits per heavy atom. The number of benzene rings is 3. The standard InChI is InChI=1S/C18H14N2O3/c21-18(15-6-3-7-17(11-15)20(22)23)12-19-16-9-8-13-4-1-2-5-14(13)10-16/h1-11,19H,12H2. The van der Waals surface area contributed by atoms with Gasteiger partial charge in [-0.1, -0.05) is 42.5 Å². The highest BCUT2D eigenvalue weighted by Crippen LogP contribution is 2.19. The molecule has 5 nitrogen and oxygen atoms in total. The lowest BCUT2D eigenvalue weighted by molar-refractivity contribution is -0.384. The Hall–Kier alpha value is -3.21. The molecule has 0 heterocycles. The van der Waals surface area contributed by atoms with E-state index in [0.29, 0.717) is 5.56 Å². The lowest BCUT2D eigenvalue weighted by Crippen LogP contribution is -2.14. The summed E-state index contributed by atoms with van der Waals surface area (Å²) in [5.41, 5.74) is 1.08. The van der Waals surface area contributed by atoms with Crippen LogP contribution in [0.15, 0.2) is 66.7 Å². The number of rotatable bonds is 5. The fourth-order valence-corrected chi connectivity index (χ4v) is 2.38. The van der Waals surface area contributed by atoms with Crippen LogP contribution in [0.1, 0.15) is 10.4 Å². The number of Topliss-reactive ketones (excluding diaryl/α,β-unsaturated/α-hetero) is 1. The summed E-state index contributed by atoms with van der Waals surface area (Å²) in [6.07, 6.45) is 0. The van der Waals surface area contributed by atoms with Crippen molar-refractivity contribution in [3.63, 3.8) is 0 Å². The van der Waals surface area contributed by atoms with Gasteiger partial charge in [0.2, 0.25) is 0 Å². The Balaban J connectivity index is 1.72. The van der Waals surface area contributed by atoms with Crippen LogP contribution in [0.4, 0.5) is 11.4 Å². The van der Waals surface area contributed by atoms with Crippen LogP contribution in [-0.4, -0.2) is 17.3 Å². The molecule has 0 aliphatic heterocycles. The summed E-state index contributed by atoms with van der Waals surface area (Å²) < 4.78 is 0. The molecule has 0 bridgehead atoms. The van der Waals surface area contributed by atoms with Crippen LogP contribution < -0.4 is 5.32 Å². The van der Waals surface area contributed by atoms with Crippen molar-refractivity contribution in [2.75, 3.05) is 11.9 Å². The Bertz CT molecular complexity index is 890. The van der Waals surface area contributed by atoms with E-state index in [0.717, 1.165) is 16.5 Å². The number of nitrogens with one attached hydrogen (secondary N) is 1. The minimum absolute atomic E-state index is 0.0819. The van der Waals surface area contributed by atoms with Gasteiger partial charge in [-0.05, 0) is 22.9 Å². The van der Waals surface area contributed by atoms with E-state index in [9.17, 15) is 14.9 Å². The van der Waals surface area contributed by atoms with Crippen molar-refractivity contribution in [1.29, 1.82) is 0 Å². The highest BCUT2D eigenvalue weighted by molar-refractivity contribution is 5.99. The number of anilines is 1. The average molecular weight is 306 g/mol. The molecule has 1 N–H and O–H groups in total. The number of nitro benzene ring substituents is 1. The van der Waals surface area contributed by atoms with E-state index in [1.165, 1.54) is 18.2 Å². The highest BCUT2D eigenvalue weighted by Gasteiger charge is 2.11. The maximum absolute atomic E-state index is 12.2. The van der Waals surface area contributed by atoms with Gasteiger partial charge in [-0.2, -0.15) is 0 Å². The Morgan fingerprint density at radius 1 is 0.957 bits per heavy atom. The first-order chi connectivity index (χ1) is 11.1. The molecule has 0 saturated carbocycles. The van der Waals surface area contributed by atoms with Crippen LogP contribution in [0.3, 0.4) is 0 Å². The van der Waals surface area contributed by atoms with E-state index < -0.39 is 4.92 Å². The monoisotopic (exact) mass is 306 g/mol. The van der Waals surface area contributed by atoms with E-state index in [2.05, 4.69) is 5.32 Å². The van der Waals surface area contributed by atoms with Gasteiger partial charge in [0.15, 0.2) is 5.78 Å². The topological polar surface area (TPSA) is 72.2 Å². The quantitative estimate of drug-likeness (QED) is 0.438. The summed E-state index contributed by atoms with van der Waals surface area (Å²) >= 11 is 0. The van der Waals surface area contributed by atoms with Gasteiger partial charge < -0.3 is 5.32 Å². The predicted molar refractivity (Wildman–Crippen MR) is 89.9 cm³/mol. The van der Waals surface area contributed by atoms with Crippen molar-refractivity contribution < 1.29 is 9.72 Å². The van der Waals surface area contributed by atoms with Gasteiger partial charge >= 0.3 is 0 Å². The van der Waals surface area contributed by atoms with Crippen LogP contribution in [-0.2, 0) is 0 Å². The van der Waals surface area contributed by atoms with Gasteiger partial charge in [0.05, 0.1) is 11.5 Å². The van der Waals surface area contributed by atoms with Crippen molar-refractivity contribution in [2.24, 2.45) is 0 Å². The van der Waals surface area contributed by atoms with Gasteiger partial charge in [0, 0.05) is 23.4 Å². The summed E-state index contributed by atoms with van der Waals surface area (Å²) in [6, 6.07) is 19.6. The molecule has 5 heteroatoms. The molecule has 0 radical (unpaired) electrons. The zero-order chi connectivity index (χ0) is 16.2. The smallest absolute Gasteiger partial charge is 0.270 e. The van der Waals surface area contributed by atoms with E-state index in [1.54, 1.807) is 6.07 Å². The SMILES string of the molecule is O=C(CNc1ccc2ccccc2c1)c1cccc([N+](=O)[O-])c1. The van der Waals surface area contributed by atoms with Crippen molar-refractivity contribution >= 4 is 27.9 Å². The van der Waals surface area contributed by atoms with E-state index in [4.69, 9.17) is 0 Å². The normalized spacial score (nSPS) is 10.4. The molecule has 3 aromatic rings. The summed E-state index contributed by atoms with van der Waals surface area (Å²) in [6.45, 7) is 0.0828. The van der Waals surface area contributed by atoms with Crippen molar-refractivity contribution in [3.8, 4) is 0 Å². The Kier molecular flexibility index (Phi) is 4.01. The van der Waals surface area contributed by atoms with Gasteiger partial charge in [-0.3, -0.25) is 14.9 Å². The maximum atomic E-state index is 12.2. The minimum Gasteiger partial charge on any atom is -0.378 e. The van der Waals surface area contributed by atoms with Crippen molar-refractivity contribution in [3.05, 3.63) is 82.4 Å². The fraction of sp³-hybridized carbons (Fsp3) is 0.0556. The largest absolute Gasteiger partial charge is 0.378 e. The van der Waals surface area contributed by atoms with Crippen molar-refractivity contribution in [2.45, 2.75) is 0 Å². The lowest BCUT2D eigenvalue weighted by atomic mass is 10.1. The van der Waals surface area contributed by atoms with Gasteiger partial charge in [0.1, 0.15) is 0 Å². The Morgan fingerprint density at radius 2 is 1.74 bits per heavy atom. The lowest BCUT2D eigenvalue weighted by Gasteiger charge is -2.07. The number of carbonyl (C=O) groups excluding carboxylic acids is 1. The minimum atomic E-state index is -0.506. The number of ketones is 1. The summed E-state index contributed by atoms with van der Waals surface area (Å²) in [5.74, 6) is -0.193. The molecule has 3 rings (SSSR count). The second-order valence-electron chi connectivity index (χ2n) is 5.15. The molecular formula is C18H14N2O3. The Labute approximate surface area is 132 Å². The van der Waals surface area contributed by atoms with Gasteiger partial charge in [0.25, 0.3) is 5.69 Å². The maximum Gasteiger partial charge on any atom is 0.270 e. The predicted octanol–water partition coefficient (Wildman–Crippen LogP) is 4.04. The van der Waals surface area contributed by atoms with E-state index in [1.807, 2.05) is 42.5 Å². The van der Waals surface area contributed by atoms with Crippen LogP contribution in [0, 0.1) is 10.1 Å². The van der Waals surface area contributed by atoms with Gasteiger partial charge in [-0.25, -0.2) is 0 Å². The number of nitro groups is 1. The molecular weight excluding hydrogens is 292 g/mol. The zero-order valence-corrected chi connectivity index (χ0v) is 12.2. The molecule has 23 heavy (non-hydrogen) atoms. The molecule has 0 aliphatic rings. The molecule has 0 fully saturated rings. The fourth-order valence-electron chi connectivity index (χ4n) is 2.38. The molecule has 3 aromatic carbocycles. The molecule has 0 atom stereocenters. The third kappa shape index (κ3) is 3.35. The molecule has 0 aliphatic carbocycles. The summed E-state index contributed by atoms with van der Waals surface area (Å²) in [5, 5.41) is 16.0. The van der Waals surface area contributed by atoms with Crippen LogP contribution >= 0.6 is 0 Å². The first kappa shape index (κ1) is 14.7. The molecule has 0 spiro atoms. The van der Waals surface area contributed by atoms with E-state index in [-0.39, 0.29) is 18.0 Å². The van der Waals surface area contributed by atoms with E-state index >= 15 is 0 Å². The highest BCUT2D eigenvalue weighted by atomic mass is 16.6. The molecule has 114 valence electrons. The zero-order valence-electron chi connectivity index (χ0n) is 12.2. The summed E-state index contributed by atoms with van der Waals surface area (Å²) in [4.78, 5) is 22.4. The number of hydrogen-bond donors (Lipinski definition) is 1.